The van der Waals surface area contributed by atoms with Gasteiger partial charge in [0.15, 0.2) is 0 Å². The van der Waals surface area contributed by atoms with Crippen LogP contribution in [0.3, 0.4) is 0 Å². The third-order valence-electron chi connectivity index (χ3n) is 2.27. The highest BCUT2D eigenvalue weighted by atomic mass is 32.2. The average molecular weight is 265 g/mol. The maximum atomic E-state index is 5.75. The van der Waals surface area contributed by atoms with E-state index in [2.05, 4.69) is 25.8 Å². The molecule has 1 aromatic carbocycles. The summed E-state index contributed by atoms with van der Waals surface area (Å²) in [6.07, 6.45) is 0.0938. The van der Waals surface area contributed by atoms with E-state index in [4.69, 9.17) is 9.47 Å². The number of rotatable bonds is 3. The summed E-state index contributed by atoms with van der Waals surface area (Å²) in [5.41, 5.74) is -0.0858. The zero-order valence-corrected chi connectivity index (χ0v) is 11.9. The largest absolute Gasteiger partial charge is 0.490 e. The van der Waals surface area contributed by atoms with Gasteiger partial charge in [-0.25, -0.2) is 4.99 Å². The SMILES string of the molecule is CC(C)(C)N=C1OC(COc2ccccc2)CS1. The van der Waals surface area contributed by atoms with Crippen molar-refractivity contribution in [3.8, 4) is 5.75 Å². The van der Waals surface area contributed by atoms with Gasteiger partial charge in [0.25, 0.3) is 0 Å². The summed E-state index contributed by atoms with van der Waals surface area (Å²) >= 11 is 1.66. The van der Waals surface area contributed by atoms with Gasteiger partial charge in [-0.2, -0.15) is 0 Å². The summed E-state index contributed by atoms with van der Waals surface area (Å²) in [6.45, 7) is 6.77. The Hall–Kier alpha value is -1.16. The van der Waals surface area contributed by atoms with Gasteiger partial charge < -0.3 is 9.47 Å². The first-order valence-corrected chi connectivity index (χ1v) is 7.09. The molecule has 1 heterocycles. The van der Waals surface area contributed by atoms with Crippen molar-refractivity contribution in [3.05, 3.63) is 30.3 Å². The highest BCUT2D eigenvalue weighted by Crippen LogP contribution is 2.23. The van der Waals surface area contributed by atoms with Gasteiger partial charge in [0.2, 0.25) is 5.23 Å². The van der Waals surface area contributed by atoms with Crippen LogP contribution in [0.1, 0.15) is 20.8 Å². The van der Waals surface area contributed by atoms with Crippen molar-refractivity contribution >= 4 is 17.0 Å². The Bertz CT molecular complexity index is 412. The van der Waals surface area contributed by atoms with E-state index in [1.165, 1.54) is 0 Å². The fraction of sp³-hybridized carbons (Fsp3) is 0.500. The number of ether oxygens (including phenoxy) is 2. The van der Waals surface area contributed by atoms with E-state index < -0.39 is 0 Å². The van der Waals surface area contributed by atoms with Crippen LogP contribution in [0.25, 0.3) is 0 Å². The number of benzene rings is 1. The molecule has 0 amide bonds. The van der Waals surface area contributed by atoms with Gasteiger partial charge in [0.1, 0.15) is 18.5 Å². The standard InChI is InChI=1S/C14H19NO2S/c1-14(2,3)15-13-17-12(10-18-13)9-16-11-7-5-4-6-8-11/h4-8,12H,9-10H2,1-3H3. The Morgan fingerprint density at radius 2 is 2.06 bits per heavy atom. The molecule has 0 radical (unpaired) electrons. The first-order valence-electron chi connectivity index (χ1n) is 6.10. The lowest BCUT2D eigenvalue weighted by Gasteiger charge is -2.14. The molecular weight excluding hydrogens is 246 g/mol. The minimum Gasteiger partial charge on any atom is -0.490 e. The van der Waals surface area contributed by atoms with Gasteiger partial charge in [0.05, 0.1) is 5.54 Å². The Balaban J connectivity index is 1.82. The first-order chi connectivity index (χ1) is 8.53. The number of para-hydroxylation sites is 1. The molecule has 1 fully saturated rings. The van der Waals surface area contributed by atoms with E-state index in [0.29, 0.717) is 6.61 Å². The molecule has 0 aliphatic carbocycles. The molecule has 0 N–H and O–H groups in total. The lowest BCUT2D eigenvalue weighted by Crippen LogP contribution is -2.21. The second-order valence-corrected chi connectivity index (χ2v) is 6.19. The van der Waals surface area contributed by atoms with Gasteiger partial charge in [-0.05, 0) is 32.9 Å². The quantitative estimate of drug-likeness (QED) is 0.839. The molecule has 1 atom stereocenters. The van der Waals surface area contributed by atoms with Gasteiger partial charge in [-0.15, -0.1) is 0 Å². The van der Waals surface area contributed by atoms with Crippen molar-refractivity contribution < 1.29 is 9.47 Å². The molecule has 2 rings (SSSR count). The molecule has 98 valence electrons. The number of thioether (sulfide) groups is 1. The number of hydrogen-bond acceptors (Lipinski definition) is 4. The van der Waals surface area contributed by atoms with Crippen molar-refractivity contribution in [2.45, 2.75) is 32.4 Å². The Kier molecular flexibility index (Phi) is 4.17. The van der Waals surface area contributed by atoms with Crippen molar-refractivity contribution in [2.75, 3.05) is 12.4 Å². The second-order valence-electron chi connectivity index (χ2n) is 5.22. The lowest BCUT2D eigenvalue weighted by atomic mass is 10.1. The molecule has 1 unspecified atom stereocenters. The minimum absolute atomic E-state index is 0.0858. The Morgan fingerprint density at radius 1 is 1.33 bits per heavy atom. The molecule has 0 spiro atoms. The minimum atomic E-state index is -0.0858. The summed E-state index contributed by atoms with van der Waals surface area (Å²) in [5.74, 6) is 1.79. The van der Waals surface area contributed by atoms with E-state index in [1.807, 2.05) is 30.3 Å². The van der Waals surface area contributed by atoms with Crippen LogP contribution >= 0.6 is 11.8 Å². The number of hydrogen-bond donors (Lipinski definition) is 0. The molecule has 1 aliphatic heterocycles. The molecule has 4 heteroatoms. The maximum absolute atomic E-state index is 5.75. The molecule has 0 bridgehead atoms. The summed E-state index contributed by atoms with van der Waals surface area (Å²) in [7, 11) is 0. The molecule has 18 heavy (non-hydrogen) atoms. The first kappa shape index (κ1) is 13.3. The summed E-state index contributed by atoms with van der Waals surface area (Å²) < 4.78 is 11.4. The predicted octanol–water partition coefficient (Wildman–Crippen LogP) is 3.35. The van der Waals surface area contributed by atoms with Crippen LogP contribution in [-0.4, -0.2) is 29.2 Å². The molecule has 0 aromatic heterocycles. The molecular formula is C14H19NO2S. The smallest absolute Gasteiger partial charge is 0.246 e. The molecule has 1 saturated heterocycles. The Labute approximate surface area is 113 Å². The zero-order valence-electron chi connectivity index (χ0n) is 11.1. The van der Waals surface area contributed by atoms with Crippen LogP contribution in [0.15, 0.2) is 35.3 Å². The number of nitrogens with zero attached hydrogens (tertiary/aromatic N) is 1. The van der Waals surface area contributed by atoms with Crippen LogP contribution in [0.5, 0.6) is 5.75 Å². The molecule has 0 saturated carbocycles. The molecule has 1 aliphatic rings. The molecule has 1 aromatic rings. The topological polar surface area (TPSA) is 30.8 Å². The average Bonchev–Trinajstić information content (AvgIpc) is 2.73. The monoisotopic (exact) mass is 265 g/mol. The second kappa shape index (κ2) is 5.65. The zero-order chi connectivity index (χ0) is 13.0. The van der Waals surface area contributed by atoms with Crippen molar-refractivity contribution in [2.24, 2.45) is 4.99 Å². The van der Waals surface area contributed by atoms with E-state index >= 15 is 0 Å². The van der Waals surface area contributed by atoms with Crippen LogP contribution in [0.2, 0.25) is 0 Å². The molecule has 3 nitrogen and oxygen atoms in total. The van der Waals surface area contributed by atoms with E-state index in [0.717, 1.165) is 16.7 Å². The fourth-order valence-corrected chi connectivity index (χ4v) is 2.53. The summed E-state index contributed by atoms with van der Waals surface area (Å²) in [5, 5.41) is 0.782. The van der Waals surface area contributed by atoms with E-state index in [9.17, 15) is 0 Å². The highest BCUT2D eigenvalue weighted by Gasteiger charge is 2.25. The van der Waals surface area contributed by atoms with E-state index in [-0.39, 0.29) is 11.6 Å². The fourth-order valence-electron chi connectivity index (χ4n) is 1.50. The van der Waals surface area contributed by atoms with Crippen molar-refractivity contribution in [1.82, 2.24) is 0 Å². The normalized spacial score (nSPS) is 21.9. The van der Waals surface area contributed by atoms with Crippen molar-refractivity contribution in [3.63, 3.8) is 0 Å². The predicted molar refractivity (Wildman–Crippen MR) is 76.5 cm³/mol. The van der Waals surface area contributed by atoms with Gasteiger partial charge in [-0.3, -0.25) is 0 Å². The van der Waals surface area contributed by atoms with Crippen LogP contribution in [0.4, 0.5) is 0 Å². The highest BCUT2D eigenvalue weighted by molar-refractivity contribution is 8.13. The van der Waals surface area contributed by atoms with Gasteiger partial charge in [0, 0.05) is 5.75 Å². The van der Waals surface area contributed by atoms with Crippen LogP contribution in [-0.2, 0) is 4.74 Å². The third kappa shape index (κ3) is 4.26. The summed E-state index contributed by atoms with van der Waals surface area (Å²) in [6, 6.07) is 9.81. The van der Waals surface area contributed by atoms with Gasteiger partial charge >= 0.3 is 0 Å². The Morgan fingerprint density at radius 3 is 2.72 bits per heavy atom. The van der Waals surface area contributed by atoms with Crippen molar-refractivity contribution in [1.29, 1.82) is 0 Å². The van der Waals surface area contributed by atoms with Crippen LogP contribution < -0.4 is 4.74 Å². The third-order valence-corrected chi connectivity index (χ3v) is 3.24. The van der Waals surface area contributed by atoms with Gasteiger partial charge in [-0.1, -0.05) is 30.0 Å². The summed E-state index contributed by atoms with van der Waals surface area (Å²) in [4.78, 5) is 4.52. The number of aliphatic imine (C=N–C) groups is 1. The van der Waals surface area contributed by atoms with E-state index in [1.54, 1.807) is 11.8 Å². The van der Waals surface area contributed by atoms with Crippen LogP contribution in [0, 0.1) is 0 Å². The maximum Gasteiger partial charge on any atom is 0.246 e. The lowest BCUT2D eigenvalue weighted by molar-refractivity contribution is 0.147.